The fourth-order valence-corrected chi connectivity index (χ4v) is 5.82. The molecule has 0 saturated carbocycles. The summed E-state index contributed by atoms with van der Waals surface area (Å²) in [6, 6.07) is 26.9. The zero-order valence-electron chi connectivity index (χ0n) is 18.0. The molecular formula is C27H23N3O3. The molecule has 1 spiro atoms. The van der Waals surface area contributed by atoms with Crippen molar-refractivity contribution in [2.24, 2.45) is 11.8 Å². The van der Waals surface area contributed by atoms with E-state index in [2.05, 4.69) is 5.32 Å². The van der Waals surface area contributed by atoms with Gasteiger partial charge in [-0.2, -0.15) is 0 Å². The minimum Gasteiger partial charge on any atom is -0.324 e. The Hall–Kier alpha value is -3.77. The number of nitrogens with one attached hydrogen (secondary N) is 1. The number of benzene rings is 3. The van der Waals surface area contributed by atoms with E-state index in [1.807, 2.05) is 89.8 Å². The van der Waals surface area contributed by atoms with Crippen molar-refractivity contribution < 1.29 is 14.4 Å². The summed E-state index contributed by atoms with van der Waals surface area (Å²) < 4.78 is 0. The molecule has 3 aliphatic rings. The summed E-state index contributed by atoms with van der Waals surface area (Å²) >= 11 is 0. The van der Waals surface area contributed by atoms with E-state index >= 15 is 0 Å². The van der Waals surface area contributed by atoms with Crippen molar-refractivity contribution >= 4 is 23.4 Å². The van der Waals surface area contributed by atoms with Crippen LogP contribution in [-0.4, -0.2) is 34.1 Å². The molecule has 0 unspecified atom stereocenters. The van der Waals surface area contributed by atoms with Crippen LogP contribution in [0.5, 0.6) is 0 Å². The number of anilines is 1. The van der Waals surface area contributed by atoms with E-state index in [4.69, 9.17) is 0 Å². The number of hydrogen-bond acceptors (Lipinski definition) is 4. The quantitative estimate of drug-likeness (QED) is 0.637. The second kappa shape index (κ2) is 7.39. The van der Waals surface area contributed by atoms with Gasteiger partial charge in [-0.1, -0.05) is 78.9 Å². The number of para-hydroxylation sites is 1. The summed E-state index contributed by atoms with van der Waals surface area (Å²) in [5.41, 5.74) is 2.22. The van der Waals surface area contributed by atoms with Crippen molar-refractivity contribution in [3.8, 4) is 0 Å². The van der Waals surface area contributed by atoms with Crippen LogP contribution in [0.25, 0.3) is 0 Å². The lowest BCUT2D eigenvalue weighted by Gasteiger charge is -2.37. The maximum Gasteiger partial charge on any atom is 0.250 e. The Labute approximate surface area is 191 Å². The zero-order chi connectivity index (χ0) is 22.6. The Morgan fingerprint density at radius 1 is 0.758 bits per heavy atom. The normalized spacial score (nSPS) is 26.1. The molecule has 0 aromatic heterocycles. The third-order valence-electron chi connectivity index (χ3n) is 7.22. The number of rotatable bonds is 4. The van der Waals surface area contributed by atoms with Crippen LogP contribution in [0.1, 0.15) is 16.7 Å². The first kappa shape index (κ1) is 19.9. The van der Waals surface area contributed by atoms with Gasteiger partial charge < -0.3 is 5.32 Å². The second-order valence-electron chi connectivity index (χ2n) is 8.96. The third-order valence-corrected chi connectivity index (χ3v) is 7.22. The number of carbonyl (C=O) groups excluding carboxylic acids is 3. The van der Waals surface area contributed by atoms with Crippen LogP contribution in [0.3, 0.4) is 0 Å². The predicted molar refractivity (Wildman–Crippen MR) is 123 cm³/mol. The highest BCUT2D eigenvalue weighted by Gasteiger charge is 2.70. The summed E-state index contributed by atoms with van der Waals surface area (Å²) in [5, 5.41) is 3.00. The molecule has 1 N–H and O–H groups in total. The van der Waals surface area contributed by atoms with E-state index < -0.39 is 17.4 Å². The fourth-order valence-electron chi connectivity index (χ4n) is 5.82. The van der Waals surface area contributed by atoms with Gasteiger partial charge in [-0.05, 0) is 17.2 Å². The van der Waals surface area contributed by atoms with Gasteiger partial charge in [0.2, 0.25) is 17.7 Å². The summed E-state index contributed by atoms with van der Waals surface area (Å²) in [7, 11) is 0. The average Bonchev–Trinajstić information content (AvgIpc) is 3.41. The van der Waals surface area contributed by atoms with Crippen LogP contribution in [0.2, 0.25) is 0 Å². The van der Waals surface area contributed by atoms with E-state index in [0.717, 1.165) is 16.7 Å². The molecule has 3 heterocycles. The van der Waals surface area contributed by atoms with Gasteiger partial charge in [0.1, 0.15) is 5.54 Å². The van der Waals surface area contributed by atoms with Crippen LogP contribution in [0.15, 0.2) is 84.9 Å². The van der Waals surface area contributed by atoms with Crippen molar-refractivity contribution in [1.29, 1.82) is 0 Å². The highest BCUT2D eigenvalue weighted by molar-refractivity contribution is 6.14. The monoisotopic (exact) mass is 437 g/mol. The molecule has 0 radical (unpaired) electrons. The molecule has 0 bridgehead atoms. The molecule has 33 heavy (non-hydrogen) atoms. The molecule has 6 heteroatoms. The molecule has 6 rings (SSSR count). The Morgan fingerprint density at radius 2 is 1.36 bits per heavy atom. The van der Waals surface area contributed by atoms with Gasteiger partial charge >= 0.3 is 0 Å². The Bertz CT molecular complexity index is 1260. The summed E-state index contributed by atoms with van der Waals surface area (Å²) in [5.74, 6) is -1.99. The molecule has 2 saturated heterocycles. The van der Waals surface area contributed by atoms with Crippen LogP contribution >= 0.6 is 0 Å². The molecule has 3 aromatic carbocycles. The number of likely N-dealkylation sites (tertiary alicyclic amines) is 2. The number of hydrogen-bond donors (Lipinski definition) is 1. The van der Waals surface area contributed by atoms with E-state index in [1.54, 1.807) is 0 Å². The summed E-state index contributed by atoms with van der Waals surface area (Å²) in [6.07, 6.45) is 0. The topological polar surface area (TPSA) is 69.7 Å². The highest BCUT2D eigenvalue weighted by atomic mass is 16.2. The number of fused-ring (bicyclic) bond motifs is 4. The van der Waals surface area contributed by atoms with Gasteiger partial charge in [0.05, 0.1) is 18.4 Å². The van der Waals surface area contributed by atoms with Crippen LogP contribution in [0.4, 0.5) is 5.69 Å². The zero-order valence-corrected chi connectivity index (χ0v) is 18.0. The van der Waals surface area contributed by atoms with Crippen molar-refractivity contribution in [1.82, 2.24) is 9.80 Å². The minimum absolute atomic E-state index is 0.194. The standard InChI is InChI=1S/C27H23N3O3/c31-24-20-17-29(15-18-9-3-1-4-10-18)27(21-13-7-8-14-22(21)28-26(27)33)23(20)25(32)30(24)16-19-11-5-2-6-12-19/h1-14,20,23H,15-17H2,(H,28,33)/t20-,23+,27-/m1/s1. The summed E-state index contributed by atoms with van der Waals surface area (Å²) in [6.45, 7) is 1.07. The molecule has 3 amide bonds. The van der Waals surface area contributed by atoms with Crippen LogP contribution < -0.4 is 5.32 Å². The molecule has 164 valence electrons. The smallest absolute Gasteiger partial charge is 0.250 e. The Kier molecular flexibility index (Phi) is 4.45. The number of nitrogens with zero attached hydrogens (tertiary/aromatic N) is 2. The van der Waals surface area contributed by atoms with Crippen molar-refractivity contribution in [2.75, 3.05) is 11.9 Å². The lowest BCUT2D eigenvalue weighted by atomic mass is 9.76. The minimum atomic E-state index is -1.20. The van der Waals surface area contributed by atoms with Crippen molar-refractivity contribution in [3.63, 3.8) is 0 Å². The third kappa shape index (κ3) is 2.80. The first-order valence-corrected chi connectivity index (χ1v) is 11.2. The Balaban J connectivity index is 1.45. The van der Waals surface area contributed by atoms with Gasteiger partial charge in [0.25, 0.3) is 0 Å². The maximum absolute atomic E-state index is 13.8. The molecular weight excluding hydrogens is 414 g/mol. The van der Waals surface area contributed by atoms with Crippen molar-refractivity contribution in [2.45, 2.75) is 18.6 Å². The molecule has 3 atom stereocenters. The first-order chi connectivity index (χ1) is 16.1. The number of imide groups is 1. The van der Waals surface area contributed by atoms with E-state index in [0.29, 0.717) is 18.8 Å². The SMILES string of the molecule is O=C1[C@@H]2[C@@H](CN(Cc3ccccc3)[C@@]23C(=O)Nc2ccccc23)C(=O)N1Cc1ccccc1. The summed E-state index contributed by atoms with van der Waals surface area (Å²) in [4.78, 5) is 44.4. The van der Waals surface area contributed by atoms with E-state index in [1.165, 1.54) is 4.90 Å². The van der Waals surface area contributed by atoms with Gasteiger partial charge in [0, 0.05) is 24.3 Å². The van der Waals surface area contributed by atoms with Gasteiger partial charge in [-0.15, -0.1) is 0 Å². The lowest BCUT2D eigenvalue weighted by molar-refractivity contribution is -0.146. The van der Waals surface area contributed by atoms with E-state index in [-0.39, 0.29) is 24.3 Å². The van der Waals surface area contributed by atoms with E-state index in [9.17, 15) is 14.4 Å². The first-order valence-electron chi connectivity index (χ1n) is 11.2. The van der Waals surface area contributed by atoms with Crippen LogP contribution in [0, 0.1) is 11.8 Å². The molecule has 3 aromatic rings. The van der Waals surface area contributed by atoms with Gasteiger partial charge in [0.15, 0.2) is 0 Å². The maximum atomic E-state index is 13.8. The van der Waals surface area contributed by atoms with Crippen LogP contribution in [-0.2, 0) is 33.0 Å². The average molecular weight is 437 g/mol. The number of amides is 3. The van der Waals surface area contributed by atoms with Crippen molar-refractivity contribution in [3.05, 3.63) is 102 Å². The lowest BCUT2D eigenvalue weighted by Crippen LogP contribution is -2.53. The molecule has 0 aliphatic carbocycles. The largest absolute Gasteiger partial charge is 0.324 e. The molecule has 6 nitrogen and oxygen atoms in total. The second-order valence-corrected chi connectivity index (χ2v) is 8.96. The fraction of sp³-hybridized carbons (Fsp3) is 0.222. The molecule has 2 fully saturated rings. The highest BCUT2D eigenvalue weighted by Crippen LogP contribution is 2.56. The van der Waals surface area contributed by atoms with Gasteiger partial charge in [-0.25, -0.2) is 0 Å². The Morgan fingerprint density at radius 3 is 2.06 bits per heavy atom. The predicted octanol–water partition coefficient (Wildman–Crippen LogP) is 3.15. The van der Waals surface area contributed by atoms with Gasteiger partial charge in [-0.3, -0.25) is 24.2 Å². The number of carbonyl (C=O) groups is 3. The molecule has 3 aliphatic heterocycles.